The molecule has 0 saturated heterocycles. The van der Waals surface area contributed by atoms with Gasteiger partial charge >= 0.3 is 5.97 Å². The predicted molar refractivity (Wildman–Crippen MR) is 287 cm³/mol. The molecule has 26 nitrogen and oxygen atoms in total. The summed E-state index contributed by atoms with van der Waals surface area (Å²) in [7, 11) is 0. The van der Waals surface area contributed by atoms with E-state index in [9.17, 15) is 43.5 Å². The van der Waals surface area contributed by atoms with Crippen molar-refractivity contribution in [1.29, 1.82) is 0 Å². The summed E-state index contributed by atoms with van der Waals surface area (Å²) < 4.78 is 0. The van der Waals surface area contributed by atoms with Crippen molar-refractivity contribution < 1.29 is 43.5 Å². The number of carboxylic acids is 1. The number of aliphatic carboxylic acids is 1. The topological polar surface area (TPSA) is 440 Å². The maximum atomic E-state index is 14.6. The number of nitrogens with two attached hydrogens (primary N) is 5. The molecule has 8 atom stereocenters. The summed E-state index contributed by atoms with van der Waals surface area (Å²) in [5.41, 5.74) is 30.2. The van der Waals surface area contributed by atoms with Gasteiger partial charge < -0.3 is 81.0 Å². The Morgan fingerprint density at radius 3 is 1.69 bits per heavy atom. The second kappa shape index (κ2) is 30.4. The van der Waals surface area contributed by atoms with E-state index in [2.05, 4.69) is 87.4 Å². The zero-order valence-corrected chi connectivity index (χ0v) is 43.0. The smallest absolute Gasteiger partial charge is 0.327 e. The van der Waals surface area contributed by atoms with Gasteiger partial charge in [0.15, 0.2) is 11.9 Å². The van der Waals surface area contributed by atoms with Gasteiger partial charge in [0.25, 0.3) is 0 Å². The largest absolute Gasteiger partial charge is 0.480 e. The number of aromatic amines is 2. The first-order valence-electron chi connectivity index (χ1n) is 23.8. The summed E-state index contributed by atoms with van der Waals surface area (Å²) in [6, 6.07) is 5.42. The fraction of sp³-hybridized carbons (Fsp3) is 0.426. The number of imidazole rings is 1. The summed E-state index contributed by atoms with van der Waals surface area (Å²) in [5, 5.41) is 28.7. The Kier molecular flexibility index (Phi) is 24.2. The van der Waals surface area contributed by atoms with Crippen LogP contribution in [0.15, 0.2) is 83.3 Å². The van der Waals surface area contributed by atoms with Gasteiger partial charge in [-0.05, 0) is 49.8 Å². The molecule has 2 aromatic carbocycles. The molecule has 0 aliphatic rings. The minimum atomic E-state index is -1.40. The van der Waals surface area contributed by atoms with Crippen LogP contribution in [0, 0.1) is 0 Å². The Labute approximate surface area is 443 Å². The molecule has 0 aliphatic heterocycles. The van der Waals surface area contributed by atoms with Gasteiger partial charge in [-0.3, -0.25) is 43.5 Å². The lowest BCUT2D eigenvalue weighted by molar-refractivity contribution is -0.141. The monoisotopic (exact) mass is 1080 g/mol. The lowest BCUT2D eigenvalue weighted by Crippen LogP contribution is -2.60. The molecule has 4 aromatic rings. The Morgan fingerprint density at radius 1 is 0.600 bits per heavy atom. The van der Waals surface area contributed by atoms with Gasteiger partial charge in [-0.1, -0.05) is 48.5 Å². The third kappa shape index (κ3) is 19.8. The molecule has 2 aromatic heterocycles. The van der Waals surface area contributed by atoms with Crippen LogP contribution in [0.4, 0.5) is 0 Å². The van der Waals surface area contributed by atoms with Crippen molar-refractivity contribution in [3.8, 4) is 0 Å². The van der Waals surface area contributed by atoms with E-state index in [-0.39, 0.29) is 75.0 Å². The maximum absolute atomic E-state index is 14.6. The van der Waals surface area contributed by atoms with Crippen molar-refractivity contribution in [2.24, 2.45) is 38.7 Å². The van der Waals surface area contributed by atoms with Crippen LogP contribution in [-0.2, 0) is 57.6 Å². The molecule has 0 radical (unpaired) electrons. The molecule has 406 valence electrons. The molecule has 20 N–H and O–H groups in total. The fourth-order valence-electron chi connectivity index (χ4n) is 7.46. The van der Waals surface area contributed by atoms with E-state index in [1.807, 2.05) is 18.2 Å². The van der Waals surface area contributed by atoms with Crippen molar-refractivity contribution in [3.63, 3.8) is 0 Å². The molecular weight excluding hydrogens is 1010 g/mol. The minimum absolute atomic E-state index is 0.0440. The van der Waals surface area contributed by atoms with Crippen LogP contribution in [0.3, 0.4) is 0 Å². The summed E-state index contributed by atoms with van der Waals surface area (Å²) in [6.45, 7) is 1.64. The number of carbonyl (C=O) groups excluding carboxylic acids is 7. The minimum Gasteiger partial charge on any atom is -0.480 e. The van der Waals surface area contributed by atoms with Gasteiger partial charge in [0, 0.05) is 72.8 Å². The van der Waals surface area contributed by atoms with E-state index in [1.165, 1.54) is 19.4 Å². The lowest BCUT2D eigenvalue weighted by Gasteiger charge is -2.27. The number of amides is 7. The number of hydrogen-bond acceptors (Lipinski definition) is 14. The van der Waals surface area contributed by atoms with Gasteiger partial charge in [0.05, 0.1) is 12.4 Å². The summed E-state index contributed by atoms with van der Waals surface area (Å²) in [5.74, 6) is -7.69. The highest BCUT2D eigenvalue weighted by atomic mass is 32.1. The second-order valence-electron chi connectivity index (χ2n) is 17.3. The molecule has 0 unspecified atom stereocenters. The Hall–Kier alpha value is -7.85. The lowest BCUT2D eigenvalue weighted by atomic mass is 10.0. The average Bonchev–Trinajstić information content (AvgIpc) is 4.06. The molecule has 0 bridgehead atoms. The van der Waals surface area contributed by atoms with Crippen LogP contribution in [0.25, 0.3) is 10.9 Å². The normalized spacial score (nSPS) is 14.2. The first-order valence-corrected chi connectivity index (χ1v) is 25.1. The highest BCUT2D eigenvalue weighted by Gasteiger charge is 2.34. The highest BCUT2D eigenvalue weighted by molar-refractivity contribution is 7.80. The Balaban J connectivity index is 1.58. The van der Waals surface area contributed by atoms with E-state index in [0.29, 0.717) is 23.2 Å². The van der Waals surface area contributed by atoms with Crippen LogP contribution in [0.1, 0.15) is 49.4 Å². The SMILES string of the molecule is C[C@@H](NC(=O)[C@H](CS)NC(=O)[C@@H](N)CCCN=C(N)N)C(=O)N[C@@H](Cc1cnc[nH]1)C(=O)N[C@@H](Cc1ccccc1)C(=O)N[C@@H](CCCN=C(N)N)C(=O)N[C@@H](Cc1c[nH]c2ccccc12)C(=O)N[C@@H](CS)C(=O)O. The van der Waals surface area contributed by atoms with Crippen LogP contribution in [-0.4, -0.2) is 152 Å². The number of nitrogens with one attached hydrogen (secondary N) is 9. The van der Waals surface area contributed by atoms with Crippen LogP contribution >= 0.6 is 25.3 Å². The molecule has 0 saturated carbocycles. The maximum Gasteiger partial charge on any atom is 0.327 e. The molecule has 4 rings (SSSR count). The number of carboxylic acid groups (broad SMARTS) is 1. The van der Waals surface area contributed by atoms with Gasteiger partial charge in [-0.2, -0.15) is 25.3 Å². The number of benzene rings is 2. The first-order chi connectivity index (χ1) is 35.8. The average molecular weight is 1080 g/mol. The molecular formula is C47H67N17O9S2. The second-order valence-corrected chi connectivity index (χ2v) is 18.1. The Bertz CT molecular complexity index is 2610. The number of guanidine groups is 2. The number of aromatic nitrogens is 3. The van der Waals surface area contributed by atoms with Crippen LogP contribution in [0.2, 0.25) is 0 Å². The molecule has 7 amide bonds. The number of nitrogens with zero attached hydrogens (tertiary/aromatic N) is 3. The van der Waals surface area contributed by atoms with Crippen molar-refractivity contribution in [3.05, 3.63) is 90.1 Å². The number of carbonyl (C=O) groups is 8. The van der Waals surface area contributed by atoms with Gasteiger partial charge in [-0.25, -0.2) is 9.78 Å². The number of aliphatic imine (C=N–C) groups is 2. The highest BCUT2D eigenvalue weighted by Crippen LogP contribution is 2.20. The van der Waals surface area contributed by atoms with Crippen molar-refractivity contribution >= 4 is 95.4 Å². The van der Waals surface area contributed by atoms with Crippen molar-refractivity contribution in [2.75, 3.05) is 24.6 Å². The third-order valence-corrected chi connectivity index (χ3v) is 12.2. The van der Waals surface area contributed by atoms with Crippen LogP contribution < -0.4 is 65.9 Å². The Morgan fingerprint density at radius 2 is 1.11 bits per heavy atom. The molecule has 0 aliphatic carbocycles. The van der Waals surface area contributed by atoms with Crippen LogP contribution in [0.5, 0.6) is 0 Å². The molecule has 2 heterocycles. The van der Waals surface area contributed by atoms with Gasteiger partial charge in [-0.15, -0.1) is 0 Å². The van der Waals surface area contributed by atoms with Gasteiger partial charge in [0.1, 0.15) is 42.3 Å². The van der Waals surface area contributed by atoms with Gasteiger partial charge in [0.2, 0.25) is 41.4 Å². The number of para-hydroxylation sites is 1. The fourth-order valence-corrected chi connectivity index (χ4v) is 7.97. The quantitative estimate of drug-likeness (QED) is 0.0102. The van der Waals surface area contributed by atoms with E-state index >= 15 is 0 Å². The number of thiol groups is 2. The number of rotatable bonds is 31. The zero-order valence-electron chi connectivity index (χ0n) is 41.2. The molecule has 28 heteroatoms. The summed E-state index contributed by atoms with van der Waals surface area (Å²) in [4.78, 5) is 127. The predicted octanol–water partition coefficient (Wildman–Crippen LogP) is -3.29. The third-order valence-electron chi connectivity index (χ3n) is 11.5. The zero-order chi connectivity index (χ0) is 55.0. The van der Waals surface area contributed by atoms with E-state index in [1.54, 1.807) is 42.6 Å². The van der Waals surface area contributed by atoms with Crippen molar-refractivity contribution in [1.82, 2.24) is 52.2 Å². The summed E-state index contributed by atoms with van der Waals surface area (Å²) in [6.07, 6.45) is 4.73. The van der Waals surface area contributed by atoms with E-state index < -0.39 is 95.7 Å². The molecule has 75 heavy (non-hydrogen) atoms. The molecule has 0 spiro atoms. The number of hydrogen-bond donors (Lipinski definition) is 17. The van der Waals surface area contributed by atoms with E-state index in [0.717, 1.165) is 10.9 Å². The number of fused-ring (bicyclic) bond motifs is 1. The summed E-state index contributed by atoms with van der Waals surface area (Å²) >= 11 is 8.26. The number of H-pyrrole nitrogens is 2. The molecule has 0 fully saturated rings. The van der Waals surface area contributed by atoms with Crippen molar-refractivity contribution in [2.45, 2.75) is 100 Å². The first kappa shape index (κ1) is 59.7. The van der Waals surface area contributed by atoms with E-state index in [4.69, 9.17) is 28.7 Å². The standard InChI is InChI=1S/C47H67N17O9S2/c1-25(58-44(71)36(22-74)63-39(66)30(48)12-7-15-54-46(49)50)38(65)60-35(19-28-21-53-24-57-28)43(70)61-33(17-26-9-3-2-4-10-26)41(68)59-32(14-8-16-55-47(51)52)40(67)62-34(42(69)64-37(23-75)45(72)73)18-27-20-56-31-13-6-5-11-29(27)31/h2-6,9-11,13,20-21,24-25,30,32-37,56,74-75H,7-8,12,14-19,22-23,48H2,1H3,(H,53,57)(H,58,71)(H,59,68)(H,60,65)(H,61,70)(H,62,67)(H,63,66)(H,64,69)(H,72,73)(H4,49,50,54)(H4,51,52,55)/t25-,30+,32+,33+,34+,35+,36+,37+/m1/s1.